The molecule has 0 aliphatic heterocycles. The summed E-state index contributed by atoms with van der Waals surface area (Å²) in [6.07, 6.45) is 0. The van der Waals surface area contributed by atoms with E-state index in [-0.39, 0.29) is 0 Å². The van der Waals surface area contributed by atoms with Crippen molar-refractivity contribution in [2.45, 2.75) is 0 Å². The van der Waals surface area contributed by atoms with Gasteiger partial charge in [-0.3, -0.25) is 0 Å². The Labute approximate surface area is 114 Å². The molecule has 0 atom stereocenters. The second-order valence-corrected chi connectivity index (χ2v) is 5.20. The Morgan fingerprint density at radius 3 is 1.89 bits per heavy atom. The molecule has 0 saturated heterocycles. The van der Waals surface area contributed by atoms with Gasteiger partial charge in [-0.2, -0.15) is 0 Å². The number of aromatic nitrogens is 2. The van der Waals surface area contributed by atoms with Gasteiger partial charge in [-0.15, -0.1) is 10.2 Å². The van der Waals surface area contributed by atoms with Gasteiger partial charge in [-0.05, 0) is 12.1 Å². The molecule has 4 heteroatoms. The monoisotopic (exact) mass is 272 g/mol. The molecule has 0 radical (unpaired) electrons. The van der Waals surface area contributed by atoms with Gasteiger partial charge in [0.05, 0.1) is 0 Å². The van der Waals surface area contributed by atoms with Gasteiger partial charge in [0.1, 0.15) is 10.0 Å². The molecule has 88 valence electrons. The molecule has 18 heavy (non-hydrogen) atoms. The molecule has 0 unspecified atom stereocenters. The quantitative estimate of drug-likeness (QED) is 0.685. The van der Waals surface area contributed by atoms with Crippen LogP contribution in [0.4, 0.5) is 0 Å². The highest BCUT2D eigenvalue weighted by Gasteiger charge is 2.07. The van der Waals surface area contributed by atoms with E-state index in [1.807, 2.05) is 54.6 Å². The van der Waals surface area contributed by atoms with Crippen LogP contribution in [0, 0.1) is 0 Å². The maximum atomic E-state index is 5.87. The van der Waals surface area contributed by atoms with Crippen LogP contribution in [-0.4, -0.2) is 10.2 Å². The van der Waals surface area contributed by atoms with Crippen LogP contribution in [0.2, 0.25) is 5.02 Å². The maximum absolute atomic E-state index is 5.87. The zero-order valence-electron chi connectivity index (χ0n) is 9.38. The lowest BCUT2D eigenvalue weighted by Gasteiger charge is -1.94. The fourth-order valence-electron chi connectivity index (χ4n) is 1.63. The summed E-state index contributed by atoms with van der Waals surface area (Å²) >= 11 is 7.45. The Bertz CT molecular complexity index is 647. The SMILES string of the molecule is Clc1ccc(-c2nnc(-c3ccccc3)s2)cc1. The summed E-state index contributed by atoms with van der Waals surface area (Å²) in [4.78, 5) is 0. The molecule has 0 fully saturated rings. The third-order valence-electron chi connectivity index (χ3n) is 2.54. The van der Waals surface area contributed by atoms with Gasteiger partial charge in [0.25, 0.3) is 0 Å². The fraction of sp³-hybridized carbons (Fsp3) is 0. The van der Waals surface area contributed by atoms with Crippen LogP contribution in [-0.2, 0) is 0 Å². The summed E-state index contributed by atoms with van der Waals surface area (Å²) in [6.45, 7) is 0. The van der Waals surface area contributed by atoms with Gasteiger partial charge in [-0.25, -0.2) is 0 Å². The van der Waals surface area contributed by atoms with Crippen molar-refractivity contribution in [2.24, 2.45) is 0 Å². The fourth-order valence-corrected chi connectivity index (χ4v) is 2.61. The lowest BCUT2D eigenvalue weighted by atomic mass is 10.2. The van der Waals surface area contributed by atoms with E-state index < -0.39 is 0 Å². The summed E-state index contributed by atoms with van der Waals surface area (Å²) in [5.74, 6) is 0. The minimum atomic E-state index is 0.728. The molecular weight excluding hydrogens is 264 g/mol. The van der Waals surface area contributed by atoms with Crippen LogP contribution in [0.3, 0.4) is 0 Å². The molecule has 1 aromatic heterocycles. The van der Waals surface area contributed by atoms with Crippen molar-refractivity contribution in [3.05, 3.63) is 59.6 Å². The van der Waals surface area contributed by atoms with Gasteiger partial charge >= 0.3 is 0 Å². The van der Waals surface area contributed by atoms with Gasteiger partial charge < -0.3 is 0 Å². The van der Waals surface area contributed by atoms with Crippen molar-refractivity contribution < 1.29 is 0 Å². The molecule has 0 amide bonds. The Morgan fingerprint density at radius 2 is 1.28 bits per heavy atom. The highest BCUT2D eigenvalue weighted by atomic mass is 35.5. The topological polar surface area (TPSA) is 25.8 Å². The van der Waals surface area contributed by atoms with E-state index >= 15 is 0 Å². The molecule has 2 nitrogen and oxygen atoms in total. The number of nitrogens with zero attached hydrogens (tertiary/aromatic N) is 2. The third-order valence-corrected chi connectivity index (χ3v) is 3.81. The largest absolute Gasteiger partial charge is 0.148 e. The van der Waals surface area contributed by atoms with Crippen molar-refractivity contribution in [2.75, 3.05) is 0 Å². The van der Waals surface area contributed by atoms with E-state index in [0.29, 0.717) is 0 Å². The number of benzene rings is 2. The Balaban J connectivity index is 1.97. The smallest absolute Gasteiger partial charge is 0.138 e. The zero-order chi connectivity index (χ0) is 12.4. The van der Waals surface area contributed by atoms with Gasteiger partial charge in [-0.1, -0.05) is 65.4 Å². The standard InChI is InChI=1S/C14H9ClN2S/c15-12-8-6-11(7-9-12)14-17-16-13(18-14)10-4-2-1-3-5-10/h1-9H. The van der Waals surface area contributed by atoms with Crippen LogP contribution in [0.15, 0.2) is 54.6 Å². The molecule has 3 rings (SSSR count). The molecule has 0 aliphatic rings. The lowest BCUT2D eigenvalue weighted by molar-refractivity contribution is 1.10. The predicted octanol–water partition coefficient (Wildman–Crippen LogP) is 4.53. The van der Waals surface area contributed by atoms with Crippen LogP contribution in [0.25, 0.3) is 21.1 Å². The van der Waals surface area contributed by atoms with Crippen LogP contribution in [0.1, 0.15) is 0 Å². The van der Waals surface area contributed by atoms with Gasteiger partial charge in [0.15, 0.2) is 0 Å². The molecule has 0 N–H and O–H groups in total. The summed E-state index contributed by atoms with van der Waals surface area (Å²) in [6, 6.07) is 17.7. The second kappa shape index (κ2) is 4.88. The lowest BCUT2D eigenvalue weighted by Crippen LogP contribution is -1.76. The number of rotatable bonds is 2. The minimum Gasteiger partial charge on any atom is -0.138 e. The number of hydrogen-bond donors (Lipinski definition) is 0. The highest BCUT2D eigenvalue weighted by molar-refractivity contribution is 7.17. The van der Waals surface area contributed by atoms with Crippen LogP contribution in [0.5, 0.6) is 0 Å². The van der Waals surface area contributed by atoms with E-state index in [9.17, 15) is 0 Å². The van der Waals surface area contributed by atoms with Crippen molar-refractivity contribution in [3.8, 4) is 21.1 Å². The van der Waals surface area contributed by atoms with Gasteiger partial charge in [0.2, 0.25) is 0 Å². The molecule has 0 bridgehead atoms. The molecule has 2 aromatic carbocycles. The van der Waals surface area contributed by atoms with Crippen molar-refractivity contribution in [1.29, 1.82) is 0 Å². The highest BCUT2D eigenvalue weighted by Crippen LogP contribution is 2.30. The summed E-state index contributed by atoms with van der Waals surface area (Å²) < 4.78 is 0. The first kappa shape index (κ1) is 11.4. The van der Waals surface area contributed by atoms with E-state index in [2.05, 4.69) is 10.2 Å². The Kier molecular flexibility index (Phi) is 3.09. The molecule has 0 spiro atoms. The third kappa shape index (κ3) is 2.28. The predicted molar refractivity (Wildman–Crippen MR) is 75.8 cm³/mol. The Hall–Kier alpha value is -1.71. The summed E-state index contributed by atoms with van der Waals surface area (Å²) in [5, 5.41) is 11.0. The van der Waals surface area contributed by atoms with Crippen molar-refractivity contribution >= 4 is 22.9 Å². The first-order chi connectivity index (χ1) is 8.83. The summed E-state index contributed by atoms with van der Waals surface area (Å²) in [7, 11) is 0. The first-order valence-corrected chi connectivity index (χ1v) is 6.67. The normalized spacial score (nSPS) is 10.5. The minimum absolute atomic E-state index is 0.728. The van der Waals surface area contributed by atoms with Gasteiger partial charge in [0, 0.05) is 16.1 Å². The number of halogens is 1. The van der Waals surface area contributed by atoms with E-state index in [1.54, 1.807) is 11.3 Å². The molecule has 1 heterocycles. The average molecular weight is 273 g/mol. The summed E-state index contributed by atoms with van der Waals surface area (Å²) in [5.41, 5.74) is 2.13. The van der Waals surface area contributed by atoms with Crippen LogP contribution < -0.4 is 0 Å². The maximum Gasteiger partial charge on any atom is 0.148 e. The molecule has 0 saturated carbocycles. The second-order valence-electron chi connectivity index (χ2n) is 3.79. The molecule has 0 aliphatic carbocycles. The molecule has 3 aromatic rings. The first-order valence-electron chi connectivity index (χ1n) is 5.48. The zero-order valence-corrected chi connectivity index (χ0v) is 10.9. The van der Waals surface area contributed by atoms with E-state index in [0.717, 1.165) is 26.2 Å². The molecular formula is C14H9ClN2S. The average Bonchev–Trinajstić information content (AvgIpc) is 2.90. The Morgan fingerprint density at radius 1 is 0.722 bits per heavy atom. The van der Waals surface area contributed by atoms with Crippen molar-refractivity contribution in [3.63, 3.8) is 0 Å². The van der Waals surface area contributed by atoms with E-state index in [4.69, 9.17) is 11.6 Å². The van der Waals surface area contributed by atoms with E-state index in [1.165, 1.54) is 0 Å². The van der Waals surface area contributed by atoms with Crippen molar-refractivity contribution in [1.82, 2.24) is 10.2 Å². The number of hydrogen-bond acceptors (Lipinski definition) is 3. The van der Waals surface area contributed by atoms with Crippen LogP contribution >= 0.6 is 22.9 Å².